The molecule has 2 N–H and O–H groups in total. The summed E-state index contributed by atoms with van der Waals surface area (Å²) in [5.41, 5.74) is 0.185. The summed E-state index contributed by atoms with van der Waals surface area (Å²) in [5, 5.41) is 6.74. The Morgan fingerprint density at radius 2 is 2.09 bits per heavy atom. The maximum Gasteiger partial charge on any atom is 0.233 e. The molecule has 1 amide bonds. The maximum absolute atomic E-state index is 12.8. The number of amides is 1. The van der Waals surface area contributed by atoms with Gasteiger partial charge in [0.25, 0.3) is 0 Å². The van der Waals surface area contributed by atoms with Crippen LogP contribution in [0.4, 0.5) is 5.69 Å². The van der Waals surface area contributed by atoms with Crippen molar-refractivity contribution < 1.29 is 14.3 Å². The van der Waals surface area contributed by atoms with E-state index in [1.54, 1.807) is 19.2 Å². The Bertz CT molecular complexity index is 537. The zero-order valence-electron chi connectivity index (χ0n) is 13.9. The van der Waals surface area contributed by atoms with Gasteiger partial charge in [-0.1, -0.05) is 11.6 Å². The lowest BCUT2D eigenvalue weighted by Crippen LogP contribution is -2.47. The van der Waals surface area contributed by atoms with Crippen molar-refractivity contribution in [3.05, 3.63) is 23.2 Å². The second-order valence-corrected chi connectivity index (χ2v) is 6.64. The van der Waals surface area contributed by atoms with Gasteiger partial charge in [-0.25, -0.2) is 0 Å². The van der Waals surface area contributed by atoms with E-state index in [4.69, 9.17) is 21.1 Å². The normalized spacial score (nSPS) is 17.1. The van der Waals surface area contributed by atoms with Crippen LogP contribution in [0, 0.1) is 5.41 Å². The summed E-state index contributed by atoms with van der Waals surface area (Å²) in [7, 11) is 1.63. The van der Waals surface area contributed by atoms with Crippen LogP contribution >= 0.6 is 11.6 Å². The van der Waals surface area contributed by atoms with Gasteiger partial charge in [0.1, 0.15) is 5.75 Å². The molecule has 0 bridgehead atoms. The highest BCUT2D eigenvalue weighted by molar-refractivity contribution is 6.32. The zero-order chi connectivity index (χ0) is 16.9. The topological polar surface area (TPSA) is 59.6 Å². The van der Waals surface area contributed by atoms with Gasteiger partial charge < -0.3 is 20.1 Å². The minimum absolute atomic E-state index is 0.0190. The van der Waals surface area contributed by atoms with E-state index in [2.05, 4.69) is 10.6 Å². The number of rotatable bonds is 6. The Kier molecular flexibility index (Phi) is 6.27. The summed E-state index contributed by atoms with van der Waals surface area (Å²) >= 11 is 6.23. The van der Waals surface area contributed by atoms with Gasteiger partial charge in [0.15, 0.2) is 0 Å². The Morgan fingerprint density at radius 3 is 2.65 bits per heavy atom. The molecule has 1 fully saturated rings. The van der Waals surface area contributed by atoms with Gasteiger partial charge >= 0.3 is 0 Å². The van der Waals surface area contributed by atoms with Crippen LogP contribution in [-0.4, -0.2) is 38.8 Å². The van der Waals surface area contributed by atoms with Crippen molar-refractivity contribution in [2.45, 2.75) is 32.8 Å². The predicted molar refractivity (Wildman–Crippen MR) is 92.3 cm³/mol. The van der Waals surface area contributed by atoms with Crippen molar-refractivity contribution in [2.24, 2.45) is 5.41 Å². The molecular formula is C17H25ClN2O3. The highest BCUT2D eigenvalue weighted by Gasteiger charge is 2.39. The van der Waals surface area contributed by atoms with Gasteiger partial charge in [-0.2, -0.15) is 0 Å². The first kappa shape index (κ1) is 18.0. The Hall–Kier alpha value is -1.30. The second kappa shape index (κ2) is 7.99. The molecule has 0 aliphatic carbocycles. The van der Waals surface area contributed by atoms with Crippen LogP contribution in [-0.2, 0) is 9.53 Å². The maximum atomic E-state index is 12.8. The molecular weight excluding hydrogens is 316 g/mol. The van der Waals surface area contributed by atoms with Crippen LogP contribution in [0.25, 0.3) is 0 Å². The third kappa shape index (κ3) is 4.59. The first-order chi connectivity index (χ1) is 11.0. The van der Waals surface area contributed by atoms with Crippen LogP contribution in [0.15, 0.2) is 18.2 Å². The third-order valence-corrected chi connectivity index (χ3v) is 4.31. The molecule has 1 aliphatic heterocycles. The number of carbonyl (C=O) groups is 1. The molecule has 5 nitrogen and oxygen atoms in total. The van der Waals surface area contributed by atoms with Crippen LogP contribution in [0.1, 0.15) is 26.7 Å². The highest BCUT2D eigenvalue weighted by atomic mass is 35.5. The molecule has 0 saturated carbocycles. The van der Waals surface area contributed by atoms with Crippen LogP contribution < -0.4 is 15.4 Å². The lowest BCUT2D eigenvalue weighted by molar-refractivity contribution is -0.130. The average molecular weight is 341 g/mol. The van der Waals surface area contributed by atoms with E-state index in [-0.39, 0.29) is 12.0 Å². The molecule has 0 radical (unpaired) electrons. The fraction of sp³-hybridized carbons (Fsp3) is 0.588. The smallest absolute Gasteiger partial charge is 0.233 e. The lowest BCUT2D eigenvalue weighted by Gasteiger charge is -2.35. The second-order valence-electron chi connectivity index (χ2n) is 6.23. The van der Waals surface area contributed by atoms with Crippen molar-refractivity contribution in [3.8, 4) is 5.75 Å². The summed E-state index contributed by atoms with van der Waals surface area (Å²) < 4.78 is 10.9. The van der Waals surface area contributed by atoms with E-state index < -0.39 is 5.41 Å². The number of carbonyl (C=O) groups excluding carboxylic acids is 1. The first-order valence-corrected chi connectivity index (χ1v) is 8.32. The van der Waals surface area contributed by atoms with Crippen molar-refractivity contribution in [1.29, 1.82) is 0 Å². The van der Waals surface area contributed by atoms with Gasteiger partial charge in [0, 0.05) is 12.8 Å². The highest BCUT2D eigenvalue weighted by Crippen LogP contribution is 2.33. The number of ether oxygens (including phenoxy) is 2. The standard InChI is InChI=1S/C17H25ClN2O3/c1-12(2)23-15-5-4-13(10-14(15)18)20-16(21)17(11-22-3)6-8-19-9-7-17/h4-5,10,12,19H,6-9,11H2,1-3H3,(H,20,21). The molecule has 0 aromatic heterocycles. The van der Waals surface area contributed by atoms with Gasteiger partial charge in [-0.3, -0.25) is 4.79 Å². The zero-order valence-corrected chi connectivity index (χ0v) is 14.7. The van der Waals surface area contributed by atoms with Crippen LogP contribution in [0.3, 0.4) is 0 Å². The molecule has 1 heterocycles. The number of hydrogen-bond donors (Lipinski definition) is 2. The Balaban J connectivity index is 2.10. The molecule has 0 unspecified atom stereocenters. The van der Waals surface area contributed by atoms with Crippen molar-refractivity contribution in [3.63, 3.8) is 0 Å². The van der Waals surface area contributed by atoms with Crippen LogP contribution in [0.2, 0.25) is 5.02 Å². The minimum Gasteiger partial charge on any atom is -0.489 e. The van der Waals surface area contributed by atoms with E-state index in [9.17, 15) is 4.79 Å². The SMILES string of the molecule is COCC1(C(=O)Nc2ccc(OC(C)C)c(Cl)c2)CCNCC1. The van der Waals surface area contributed by atoms with Crippen molar-refractivity contribution in [1.82, 2.24) is 5.32 Å². The number of hydrogen-bond acceptors (Lipinski definition) is 4. The lowest BCUT2D eigenvalue weighted by atomic mass is 9.78. The van der Waals surface area contributed by atoms with E-state index in [0.29, 0.717) is 23.1 Å². The molecule has 1 aromatic rings. The molecule has 1 saturated heterocycles. The molecule has 0 atom stereocenters. The molecule has 2 rings (SSSR count). The van der Waals surface area contributed by atoms with Gasteiger partial charge in [0.2, 0.25) is 5.91 Å². The molecule has 1 aliphatic rings. The molecule has 23 heavy (non-hydrogen) atoms. The van der Waals surface area contributed by atoms with Gasteiger partial charge in [-0.15, -0.1) is 0 Å². The van der Waals surface area contributed by atoms with E-state index in [0.717, 1.165) is 25.9 Å². The monoisotopic (exact) mass is 340 g/mol. The molecule has 0 spiro atoms. The fourth-order valence-corrected chi connectivity index (χ4v) is 3.04. The number of nitrogens with one attached hydrogen (secondary N) is 2. The van der Waals surface area contributed by atoms with E-state index in [1.165, 1.54) is 0 Å². The van der Waals surface area contributed by atoms with Gasteiger partial charge in [-0.05, 0) is 58.0 Å². The Morgan fingerprint density at radius 1 is 1.39 bits per heavy atom. The number of methoxy groups -OCH3 is 1. The molecule has 128 valence electrons. The summed E-state index contributed by atoms with van der Waals surface area (Å²) in [5.74, 6) is 0.600. The van der Waals surface area contributed by atoms with Gasteiger partial charge in [0.05, 0.1) is 23.1 Å². The Labute approximate surface area is 142 Å². The quantitative estimate of drug-likeness (QED) is 0.835. The van der Waals surface area contributed by atoms with Crippen LogP contribution in [0.5, 0.6) is 5.75 Å². The summed E-state index contributed by atoms with van der Waals surface area (Å²) in [6.07, 6.45) is 1.57. The fourth-order valence-electron chi connectivity index (χ4n) is 2.81. The number of benzene rings is 1. The molecule has 1 aromatic carbocycles. The largest absolute Gasteiger partial charge is 0.489 e. The molecule has 6 heteroatoms. The first-order valence-electron chi connectivity index (χ1n) is 7.94. The number of anilines is 1. The van der Waals surface area contributed by atoms with E-state index in [1.807, 2.05) is 19.9 Å². The summed E-state index contributed by atoms with van der Waals surface area (Å²) in [4.78, 5) is 12.8. The van der Waals surface area contributed by atoms with E-state index >= 15 is 0 Å². The van der Waals surface area contributed by atoms with Crippen molar-refractivity contribution >= 4 is 23.2 Å². The number of halogens is 1. The predicted octanol–water partition coefficient (Wildman–Crippen LogP) is 3.08. The average Bonchev–Trinajstić information content (AvgIpc) is 2.51. The third-order valence-electron chi connectivity index (χ3n) is 4.02. The van der Waals surface area contributed by atoms with Crippen molar-refractivity contribution in [2.75, 3.05) is 32.1 Å². The summed E-state index contributed by atoms with van der Waals surface area (Å²) in [6.45, 7) is 5.94. The minimum atomic E-state index is -0.487. The number of piperidine rings is 1. The summed E-state index contributed by atoms with van der Waals surface area (Å²) in [6, 6.07) is 5.31.